The molecule has 1 atom stereocenters. The lowest BCUT2D eigenvalue weighted by molar-refractivity contribution is 0.911. The Balaban J connectivity index is 1.86. The molecule has 1 N–H and O–H groups in total. The van der Waals surface area contributed by atoms with Crippen molar-refractivity contribution in [3.05, 3.63) is 88.5 Å². The van der Waals surface area contributed by atoms with Gasteiger partial charge in [0, 0.05) is 18.2 Å². The lowest BCUT2D eigenvalue weighted by atomic mass is 9.86. The van der Waals surface area contributed by atoms with E-state index < -0.39 is 0 Å². The molecule has 0 fully saturated rings. The van der Waals surface area contributed by atoms with Gasteiger partial charge < -0.3 is 5.32 Å². The molecule has 0 spiro atoms. The summed E-state index contributed by atoms with van der Waals surface area (Å²) in [5.74, 6) is 0.439. The van der Waals surface area contributed by atoms with E-state index in [2.05, 4.69) is 80.7 Å². The van der Waals surface area contributed by atoms with Crippen molar-refractivity contribution < 1.29 is 0 Å². The Bertz CT molecular complexity index is 723. The molecule has 0 aliphatic heterocycles. The first-order valence-corrected chi connectivity index (χ1v) is 7.89. The summed E-state index contributed by atoms with van der Waals surface area (Å²) in [5.41, 5.74) is 8.30. The number of hydrogen-bond acceptors (Lipinski definition) is 1. The topological polar surface area (TPSA) is 12.0 Å². The molecule has 1 nitrogen and oxygen atoms in total. The fourth-order valence-corrected chi connectivity index (χ4v) is 3.32. The summed E-state index contributed by atoms with van der Waals surface area (Å²) in [6, 6.07) is 19.2. The molecule has 22 heavy (non-hydrogen) atoms. The second kappa shape index (κ2) is 6.23. The minimum atomic E-state index is 0.439. The van der Waals surface area contributed by atoms with Gasteiger partial charge in [0.25, 0.3) is 0 Å². The Morgan fingerprint density at radius 3 is 2.23 bits per heavy atom. The number of para-hydroxylation sites is 1. The van der Waals surface area contributed by atoms with Crippen molar-refractivity contribution in [2.45, 2.75) is 33.2 Å². The van der Waals surface area contributed by atoms with Gasteiger partial charge in [-0.25, -0.2) is 0 Å². The van der Waals surface area contributed by atoms with Crippen molar-refractivity contribution >= 4 is 5.69 Å². The van der Waals surface area contributed by atoms with Gasteiger partial charge in [0.1, 0.15) is 0 Å². The Morgan fingerprint density at radius 2 is 1.55 bits per heavy atom. The average Bonchev–Trinajstić information content (AvgIpc) is 2.79. The van der Waals surface area contributed by atoms with Crippen LogP contribution in [0, 0.1) is 0 Å². The highest BCUT2D eigenvalue weighted by molar-refractivity contribution is 5.52. The highest BCUT2D eigenvalue weighted by Gasteiger charge is 2.23. The van der Waals surface area contributed by atoms with E-state index in [9.17, 15) is 0 Å². The first-order valence-electron chi connectivity index (χ1n) is 7.89. The van der Waals surface area contributed by atoms with Crippen molar-refractivity contribution in [2.75, 3.05) is 5.32 Å². The molecule has 112 valence electrons. The molecule has 1 heteroatoms. The van der Waals surface area contributed by atoms with Gasteiger partial charge in [-0.1, -0.05) is 65.3 Å². The predicted octanol–water partition coefficient (Wildman–Crippen LogP) is 5.68. The van der Waals surface area contributed by atoms with Crippen LogP contribution in [0.2, 0.25) is 0 Å². The van der Waals surface area contributed by atoms with Crippen LogP contribution in [0.25, 0.3) is 0 Å². The summed E-state index contributed by atoms with van der Waals surface area (Å²) < 4.78 is 0. The summed E-state index contributed by atoms with van der Waals surface area (Å²) in [4.78, 5) is 0. The number of hydrogen-bond donors (Lipinski definition) is 1. The standard InChI is InChI=1S/C21H23N/c1-15-13-16(2)21(17(15)3)20-12-8-7-9-18(20)14-22-19-10-5-4-6-11-19/h4-13,21-22H,14H2,1-3H3. The lowest BCUT2D eigenvalue weighted by Gasteiger charge is -2.20. The molecule has 0 aromatic heterocycles. The van der Waals surface area contributed by atoms with Crippen LogP contribution in [0.4, 0.5) is 5.69 Å². The van der Waals surface area contributed by atoms with Crippen molar-refractivity contribution in [1.29, 1.82) is 0 Å². The van der Waals surface area contributed by atoms with E-state index in [0.29, 0.717) is 5.92 Å². The Labute approximate surface area is 133 Å². The zero-order valence-corrected chi connectivity index (χ0v) is 13.6. The van der Waals surface area contributed by atoms with E-state index in [1.165, 1.54) is 33.5 Å². The van der Waals surface area contributed by atoms with Crippen LogP contribution in [0.5, 0.6) is 0 Å². The maximum absolute atomic E-state index is 3.53. The molecule has 1 unspecified atom stereocenters. The van der Waals surface area contributed by atoms with Gasteiger partial charge in [0.2, 0.25) is 0 Å². The minimum absolute atomic E-state index is 0.439. The van der Waals surface area contributed by atoms with Gasteiger partial charge in [-0.2, -0.15) is 0 Å². The van der Waals surface area contributed by atoms with E-state index >= 15 is 0 Å². The van der Waals surface area contributed by atoms with Crippen LogP contribution in [-0.4, -0.2) is 0 Å². The fraction of sp³-hybridized carbons (Fsp3) is 0.238. The predicted molar refractivity (Wildman–Crippen MR) is 95.1 cm³/mol. The van der Waals surface area contributed by atoms with E-state index in [1.807, 2.05) is 6.07 Å². The Hall–Kier alpha value is -2.28. The Morgan fingerprint density at radius 1 is 0.864 bits per heavy atom. The third-order valence-corrected chi connectivity index (χ3v) is 4.58. The van der Waals surface area contributed by atoms with Gasteiger partial charge in [0.05, 0.1) is 0 Å². The maximum Gasteiger partial charge on any atom is 0.0403 e. The second-order valence-corrected chi connectivity index (χ2v) is 6.11. The zero-order chi connectivity index (χ0) is 15.5. The number of rotatable bonds is 4. The van der Waals surface area contributed by atoms with E-state index in [4.69, 9.17) is 0 Å². The molecule has 0 amide bonds. The van der Waals surface area contributed by atoms with Gasteiger partial charge in [0.15, 0.2) is 0 Å². The van der Waals surface area contributed by atoms with Crippen LogP contribution in [-0.2, 0) is 6.54 Å². The minimum Gasteiger partial charge on any atom is -0.381 e. The quantitative estimate of drug-likeness (QED) is 0.763. The zero-order valence-electron chi connectivity index (χ0n) is 13.6. The molecule has 0 bridgehead atoms. The average molecular weight is 289 g/mol. The van der Waals surface area contributed by atoms with Gasteiger partial charge in [-0.15, -0.1) is 0 Å². The highest BCUT2D eigenvalue weighted by atomic mass is 14.9. The normalized spacial score (nSPS) is 17.6. The third kappa shape index (κ3) is 2.85. The molecule has 2 aromatic carbocycles. The van der Waals surface area contributed by atoms with Gasteiger partial charge >= 0.3 is 0 Å². The van der Waals surface area contributed by atoms with Gasteiger partial charge in [-0.3, -0.25) is 0 Å². The largest absolute Gasteiger partial charge is 0.381 e. The van der Waals surface area contributed by atoms with Crippen molar-refractivity contribution in [3.63, 3.8) is 0 Å². The summed E-state index contributed by atoms with van der Waals surface area (Å²) in [7, 11) is 0. The first kappa shape index (κ1) is 14.6. The molecule has 2 aromatic rings. The highest BCUT2D eigenvalue weighted by Crippen LogP contribution is 2.40. The van der Waals surface area contributed by atoms with E-state index in [1.54, 1.807) is 0 Å². The third-order valence-electron chi connectivity index (χ3n) is 4.58. The fourth-order valence-electron chi connectivity index (χ4n) is 3.32. The molecule has 0 heterocycles. The van der Waals surface area contributed by atoms with Crippen LogP contribution in [0.1, 0.15) is 37.8 Å². The molecule has 0 saturated carbocycles. The van der Waals surface area contributed by atoms with Crippen molar-refractivity contribution in [2.24, 2.45) is 0 Å². The maximum atomic E-state index is 3.53. The molecular weight excluding hydrogens is 266 g/mol. The van der Waals surface area contributed by atoms with Crippen molar-refractivity contribution in [1.82, 2.24) is 0 Å². The first-order chi connectivity index (χ1) is 10.7. The number of anilines is 1. The van der Waals surface area contributed by atoms with Crippen LogP contribution < -0.4 is 5.32 Å². The number of benzene rings is 2. The Kier molecular flexibility index (Phi) is 4.15. The van der Waals surface area contributed by atoms with Crippen LogP contribution in [0.3, 0.4) is 0 Å². The molecule has 1 aliphatic rings. The second-order valence-electron chi connectivity index (χ2n) is 6.11. The van der Waals surface area contributed by atoms with Crippen molar-refractivity contribution in [3.8, 4) is 0 Å². The molecule has 1 aliphatic carbocycles. The molecular formula is C21H23N. The lowest BCUT2D eigenvalue weighted by Crippen LogP contribution is -2.07. The monoisotopic (exact) mass is 289 g/mol. The van der Waals surface area contributed by atoms with Crippen LogP contribution in [0.15, 0.2) is 77.4 Å². The van der Waals surface area contributed by atoms with Crippen LogP contribution >= 0.6 is 0 Å². The molecule has 3 rings (SSSR count). The SMILES string of the molecule is CC1=CC(C)=C(C)C1c1ccccc1CNc1ccccc1. The summed E-state index contributed by atoms with van der Waals surface area (Å²) in [6.07, 6.45) is 2.32. The van der Waals surface area contributed by atoms with E-state index in [-0.39, 0.29) is 0 Å². The molecule has 0 radical (unpaired) electrons. The van der Waals surface area contributed by atoms with Gasteiger partial charge in [-0.05, 0) is 44.0 Å². The van der Waals surface area contributed by atoms with E-state index in [0.717, 1.165) is 6.54 Å². The smallest absolute Gasteiger partial charge is 0.0403 e. The molecule has 0 saturated heterocycles. The summed E-state index contributed by atoms with van der Waals surface area (Å²) in [6.45, 7) is 7.57. The summed E-state index contributed by atoms with van der Waals surface area (Å²) in [5, 5.41) is 3.53. The number of allylic oxidation sites excluding steroid dienone is 4. The summed E-state index contributed by atoms with van der Waals surface area (Å²) >= 11 is 0. The number of nitrogens with one attached hydrogen (secondary N) is 1.